The first-order valence-corrected chi connectivity index (χ1v) is 4.94. The van der Waals surface area contributed by atoms with Gasteiger partial charge in [0.15, 0.2) is 0 Å². The van der Waals surface area contributed by atoms with Crippen molar-refractivity contribution in [1.29, 1.82) is 0 Å². The molecular formula is C11H12N2O4. The number of aromatic carboxylic acids is 1. The van der Waals surface area contributed by atoms with Crippen molar-refractivity contribution < 1.29 is 14.8 Å². The number of carbonyl (C=O) groups is 1. The van der Waals surface area contributed by atoms with Crippen molar-refractivity contribution >= 4 is 17.7 Å². The molecule has 0 radical (unpaired) electrons. The SMILES string of the molecule is NCCC=Cc1cc([N+](=O)[O-])ccc1C(=O)O. The Hall–Kier alpha value is -2.21. The van der Waals surface area contributed by atoms with E-state index >= 15 is 0 Å². The van der Waals surface area contributed by atoms with Gasteiger partial charge >= 0.3 is 5.97 Å². The van der Waals surface area contributed by atoms with Crippen LogP contribution >= 0.6 is 0 Å². The molecule has 0 bridgehead atoms. The summed E-state index contributed by atoms with van der Waals surface area (Å²) in [6.45, 7) is 0.438. The van der Waals surface area contributed by atoms with Crippen LogP contribution in [0.3, 0.4) is 0 Å². The summed E-state index contributed by atoms with van der Waals surface area (Å²) < 4.78 is 0. The molecule has 1 aromatic carbocycles. The fourth-order valence-corrected chi connectivity index (χ4v) is 1.30. The van der Waals surface area contributed by atoms with Gasteiger partial charge < -0.3 is 10.8 Å². The van der Waals surface area contributed by atoms with E-state index in [2.05, 4.69) is 0 Å². The highest BCUT2D eigenvalue weighted by molar-refractivity contribution is 5.92. The molecule has 6 heteroatoms. The second-order valence-corrected chi connectivity index (χ2v) is 3.31. The molecule has 1 aromatic rings. The molecular weight excluding hydrogens is 224 g/mol. The molecule has 0 unspecified atom stereocenters. The van der Waals surface area contributed by atoms with Crippen LogP contribution in [0.2, 0.25) is 0 Å². The summed E-state index contributed by atoms with van der Waals surface area (Å²) in [5.41, 5.74) is 5.49. The van der Waals surface area contributed by atoms with Crippen molar-refractivity contribution in [2.45, 2.75) is 6.42 Å². The van der Waals surface area contributed by atoms with E-state index in [1.165, 1.54) is 24.3 Å². The number of benzene rings is 1. The molecule has 0 saturated carbocycles. The maximum atomic E-state index is 10.9. The summed E-state index contributed by atoms with van der Waals surface area (Å²) in [5, 5.41) is 19.5. The van der Waals surface area contributed by atoms with Gasteiger partial charge in [-0.25, -0.2) is 4.79 Å². The summed E-state index contributed by atoms with van der Waals surface area (Å²) in [5.74, 6) is -1.12. The molecule has 1 rings (SSSR count). The molecule has 0 atom stereocenters. The van der Waals surface area contributed by atoms with Gasteiger partial charge in [0.25, 0.3) is 5.69 Å². The molecule has 0 fully saturated rings. The summed E-state index contributed by atoms with van der Waals surface area (Å²) in [7, 11) is 0. The normalized spacial score (nSPS) is 10.6. The number of rotatable bonds is 5. The van der Waals surface area contributed by atoms with Crippen LogP contribution in [0.25, 0.3) is 6.08 Å². The quantitative estimate of drug-likeness (QED) is 0.597. The lowest BCUT2D eigenvalue weighted by molar-refractivity contribution is -0.384. The average Bonchev–Trinajstić information content (AvgIpc) is 2.28. The lowest BCUT2D eigenvalue weighted by Gasteiger charge is -2.01. The molecule has 0 saturated heterocycles. The number of non-ortho nitro benzene ring substituents is 1. The number of nitro benzene ring substituents is 1. The van der Waals surface area contributed by atoms with Crippen molar-refractivity contribution in [3.8, 4) is 0 Å². The third kappa shape index (κ3) is 3.39. The second kappa shape index (κ2) is 5.76. The van der Waals surface area contributed by atoms with Crippen molar-refractivity contribution in [2.75, 3.05) is 6.54 Å². The van der Waals surface area contributed by atoms with Gasteiger partial charge in [0.1, 0.15) is 0 Å². The molecule has 0 heterocycles. The minimum atomic E-state index is -1.12. The zero-order chi connectivity index (χ0) is 12.8. The third-order valence-electron chi connectivity index (χ3n) is 2.11. The Balaban J connectivity index is 3.16. The standard InChI is InChI=1S/C11H12N2O4/c12-6-2-1-3-8-7-9(13(16)17)4-5-10(8)11(14)15/h1,3-5,7H,2,6,12H2,(H,14,15). The molecule has 0 aromatic heterocycles. The van der Waals surface area contributed by atoms with Gasteiger partial charge in [0.05, 0.1) is 10.5 Å². The molecule has 0 amide bonds. The summed E-state index contributed by atoms with van der Waals surface area (Å²) >= 11 is 0. The minimum absolute atomic E-state index is 0.0314. The largest absolute Gasteiger partial charge is 0.478 e. The van der Waals surface area contributed by atoms with Crippen molar-refractivity contribution in [2.24, 2.45) is 5.73 Å². The molecule has 3 N–H and O–H groups in total. The predicted octanol–water partition coefficient (Wildman–Crippen LogP) is 1.66. The highest BCUT2D eigenvalue weighted by Crippen LogP contribution is 2.19. The molecule has 0 spiro atoms. The maximum Gasteiger partial charge on any atom is 0.336 e. The summed E-state index contributed by atoms with van der Waals surface area (Å²) in [4.78, 5) is 20.9. The number of nitro groups is 1. The van der Waals surface area contributed by atoms with Gasteiger partial charge in [-0.1, -0.05) is 12.2 Å². The van der Waals surface area contributed by atoms with E-state index < -0.39 is 10.9 Å². The highest BCUT2D eigenvalue weighted by Gasteiger charge is 2.13. The van der Waals surface area contributed by atoms with Gasteiger partial charge in [0.2, 0.25) is 0 Å². The van der Waals surface area contributed by atoms with Crippen LogP contribution in [0, 0.1) is 10.1 Å². The molecule has 90 valence electrons. The monoisotopic (exact) mass is 236 g/mol. The lowest BCUT2D eigenvalue weighted by atomic mass is 10.1. The van der Waals surface area contributed by atoms with Crippen molar-refractivity contribution in [1.82, 2.24) is 0 Å². The van der Waals surface area contributed by atoms with Gasteiger partial charge in [-0.05, 0) is 24.6 Å². The lowest BCUT2D eigenvalue weighted by Crippen LogP contribution is -2.01. The number of carboxylic acids is 1. The first-order chi connectivity index (χ1) is 8.06. The van der Waals surface area contributed by atoms with Gasteiger partial charge in [-0.15, -0.1) is 0 Å². The van der Waals surface area contributed by atoms with E-state index in [1.807, 2.05) is 0 Å². The Morgan fingerprint density at radius 1 is 1.53 bits per heavy atom. The molecule has 0 aliphatic rings. The van der Waals surface area contributed by atoms with Crippen LogP contribution in [0.5, 0.6) is 0 Å². The fraction of sp³-hybridized carbons (Fsp3) is 0.182. The topological polar surface area (TPSA) is 106 Å². The smallest absolute Gasteiger partial charge is 0.336 e. The van der Waals surface area contributed by atoms with Crippen LogP contribution in [0.1, 0.15) is 22.3 Å². The van der Waals surface area contributed by atoms with Crippen LogP contribution in [-0.2, 0) is 0 Å². The molecule has 0 aliphatic heterocycles. The van der Waals surface area contributed by atoms with E-state index in [-0.39, 0.29) is 11.3 Å². The van der Waals surface area contributed by atoms with Crippen LogP contribution < -0.4 is 5.73 Å². The molecule has 17 heavy (non-hydrogen) atoms. The zero-order valence-electron chi connectivity index (χ0n) is 9.00. The van der Waals surface area contributed by atoms with Crippen LogP contribution in [0.4, 0.5) is 5.69 Å². The van der Waals surface area contributed by atoms with E-state index in [0.29, 0.717) is 18.5 Å². The van der Waals surface area contributed by atoms with E-state index in [4.69, 9.17) is 10.8 Å². The number of carboxylic acid groups (broad SMARTS) is 1. The summed E-state index contributed by atoms with van der Waals surface area (Å²) in [6.07, 6.45) is 3.80. The zero-order valence-corrected chi connectivity index (χ0v) is 9.00. The Bertz CT molecular complexity index is 469. The number of hydrogen-bond acceptors (Lipinski definition) is 4. The average molecular weight is 236 g/mol. The minimum Gasteiger partial charge on any atom is -0.478 e. The van der Waals surface area contributed by atoms with Gasteiger partial charge in [-0.2, -0.15) is 0 Å². The van der Waals surface area contributed by atoms with Crippen molar-refractivity contribution in [3.63, 3.8) is 0 Å². The Kier molecular flexibility index (Phi) is 4.36. The van der Waals surface area contributed by atoms with E-state index in [1.54, 1.807) is 6.08 Å². The first kappa shape index (κ1) is 12.9. The Morgan fingerprint density at radius 2 is 2.24 bits per heavy atom. The van der Waals surface area contributed by atoms with Crippen LogP contribution in [-0.4, -0.2) is 22.5 Å². The fourth-order valence-electron chi connectivity index (χ4n) is 1.30. The number of nitrogens with zero attached hydrogens (tertiary/aromatic N) is 1. The Labute approximate surface area is 97.5 Å². The van der Waals surface area contributed by atoms with E-state index in [0.717, 1.165) is 0 Å². The molecule has 0 aliphatic carbocycles. The van der Waals surface area contributed by atoms with E-state index in [9.17, 15) is 14.9 Å². The Morgan fingerprint density at radius 3 is 2.76 bits per heavy atom. The number of nitrogens with two attached hydrogens (primary N) is 1. The first-order valence-electron chi connectivity index (χ1n) is 4.94. The summed E-state index contributed by atoms with van der Waals surface area (Å²) in [6, 6.07) is 3.63. The third-order valence-corrected chi connectivity index (χ3v) is 2.11. The highest BCUT2D eigenvalue weighted by atomic mass is 16.6. The van der Waals surface area contributed by atoms with Gasteiger partial charge in [-0.3, -0.25) is 10.1 Å². The molecule has 6 nitrogen and oxygen atoms in total. The second-order valence-electron chi connectivity index (χ2n) is 3.31. The maximum absolute atomic E-state index is 10.9. The van der Waals surface area contributed by atoms with Crippen LogP contribution in [0.15, 0.2) is 24.3 Å². The van der Waals surface area contributed by atoms with Crippen molar-refractivity contribution in [3.05, 3.63) is 45.5 Å². The van der Waals surface area contributed by atoms with Gasteiger partial charge in [0, 0.05) is 12.1 Å². The predicted molar refractivity (Wildman–Crippen MR) is 62.8 cm³/mol. The number of hydrogen-bond donors (Lipinski definition) is 2.